The van der Waals surface area contributed by atoms with Crippen molar-refractivity contribution in [3.8, 4) is 22.8 Å². The number of nitrogens with zero attached hydrogens (tertiary/aromatic N) is 3. The molecule has 4 aliphatic rings. The van der Waals surface area contributed by atoms with Crippen molar-refractivity contribution >= 4 is 56.6 Å². The Morgan fingerprint density at radius 1 is 1.11 bits per heavy atom. The summed E-state index contributed by atoms with van der Waals surface area (Å²) in [4.78, 5) is 88.0. The lowest BCUT2D eigenvalue weighted by molar-refractivity contribution is -0.164. The first kappa shape index (κ1) is 43.8. The highest BCUT2D eigenvalue weighted by Gasteiger charge is 2.62. The molecule has 62 heavy (non-hydrogen) atoms. The number of hydrogen-bond acceptors (Lipinski definition) is 12. The average molecular weight is 875 g/mol. The lowest BCUT2D eigenvalue weighted by Gasteiger charge is -2.41. The van der Waals surface area contributed by atoms with Crippen LogP contribution in [0.2, 0.25) is 0 Å². The minimum absolute atomic E-state index is 0.0198. The molecular formula is C43H50N6O12S. The highest BCUT2D eigenvalue weighted by molar-refractivity contribution is 7.91. The average Bonchev–Trinajstić information content (AvgIpc) is 4.16. The van der Waals surface area contributed by atoms with Gasteiger partial charge in [0.2, 0.25) is 27.7 Å². The monoisotopic (exact) mass is 874 g/mol. The van der Waals surface area contributed by atoms with Crippen LogP contribution in [0.1, 0.15) is 59.3 Å². The number of hydrogen-bond donors (Lipinski definition) is 4. The molecule has 6 atom stereocenters. The quantitative estimate of drug-likeness (QED) is 0.120. The SMILES string of the molecule is C=C[C@@H]1C[C@]1(NC(=O)[C@@H]1C[C@@H](Oc2cc(-c3ccccc3)nc3cc(OC)ccc23)CN1C(=O)[C@H](CCC(=O)N[C@H]1COC1=O)N(C(=O)O)C(C)(C)C)C(=O)NS(=O)(=O)C1CC1. The smallest absolute Gasteiger partial charge is 0.408 e. The van der Waals surface area contributed by atoms with Crippen LogP contribution >= 0.6 is 0 Å². The van der Waals surface area contributed by atoms with E-state index in [4.69, 9.17) is 19.2 Å². The molecule has 2 saturated heterocycles. The Bertz CT molecular complexity index is 2420. The highest BCUT2D eigenvalue weighted by Crippen LogP contribution is 2.46. The Morgan fingerprint density at radius 3 is 2.42 bits per heavy atom. The van der Waals surface area contributed by atoms with Gasteiger partial charge in [-0.1, -0.05) is 36.4 Å². The van der Waals surface area contributed by atoms with Crippen molar-refractivity contribution in [3.63, 3.8) is 0 Å². The second-order valence-electron chi connectivity index (χ2n) is 17.0. The Morgan fingerprint density at radius 2 is 1.84 bits per heavy atom. The number of carbonyl (C=O) groups excluding carboxylic acids is 5. The van der Waals surface area contributed by atoms with Crippen LogP contribution < -0.4 is 24.8 Å². The minimum Gasteiger partial charge on any atom is -0.497 e. The molecule has 0 radical (unpaired) electrons. The zero-order valence-corrected chi connectivity index (χ0v) is 35.6. The van der Waals surface area contributed by atoms with Gasteiger partial charge in [0.15, 0.2) is 6.04 Å². The van der Waals surface area contributed by atoms with Gasteiger partial charge in [0.25, 0.3) is 5.91 Å². The fourth-order valence-electron chi connectivity index (χ4n) is 8.04. The summed E-state index contributed by atoms with van der Waals surface area (Å²) in [6.07, 6.45) is -0.871. The number of aromatic nitrogens is 1. The van der Waals surface area contributed by atoms with Crippen molar-refractivity contribution in [2.24, 2.45) is 5.92 Å². The van der Waals surface area contributed by atoms with Crippen LogP contribution in [0.25, 0.3) is 22.2 Å². The zero-order chi connectivity index (χ0) is 44.7. The first-order valence-corrected chi connectivity index (χ1v) is 21.9. The van der Waals surface area contributed by atoms with E-state index in [0.29, 0.717) is 40.9 Å². The number of ether oxygens (including phenoxy) is 3. The van der Waals surface area contributed by atoms with Crippen molar-refractivity contribution in [2.75, 3.05) is 20.3 Å². The van der Waals surface area contributed by atoms with Crippen LogP contribution in [0.3, 0.4) is 0 Å². The minimum atomic E-state index is -4.00. The third-order valence-corrected chi connectivity index (χ3v) is 13.4. The van der Waals surface area contributed by atoms with E-state index in [9.17, 15) is 37.5 Å². The fraction of sp³-hybridized carbons (Fsp3) is 0.465. The Kier molecular flexibility index (Phi) is 12.0. The number of benzene rings is 2. The number of carbonyl (C=O) groups is 6. The number of rotatable bonds is 16. The number of likely N-dealkylation sites (tertiary alicyclic amines) is 1. The number of carboxylic acid groups (broad SMARTS) is 1. The molecule has 4 N–H and O–H groups in total. The number of nitrogens with one attached hydrogen (secondary N) is 3. The summed E-state index contributed by atoms with van der Waals surface area (Å²) in [7, 11) is -2.47. The van der Waals surface area contributed by atoms with E-state index in [1.807, 2.05) is 30.3 Å². The summed E-state index contributed by atoms with van der Waals surface area (Å²) in [6, 6.07) is 12.6. The van der Waals surface area contributed by atoms with Gasteiger partial charge in [-0.3, -0.25) is 28.8 Å². The van der Waals surface area contributed by atoms with Gasteiger partial charge in [0, 0.05) is 47.4 Å². The van der Waals surface area contributed by atoms with Crippen molar-refractivity contribution in [2.45, 2.75) is 99.9 Å². The maximum absolute atomic E-state index is 15.0. The second-order valence-corrected chi connectivity index (χ2v) is 19.0. The van der Waals surface area contributed by atoms with Gasteiger partial charge in [-0.15, -0.1) is 6.58 Å². The molecule has 2 saturated carbocycles. The van der Waals surface area contributed by atoms with E-state index >= 15 is 4.79 Å². The van der Waals surface area contributed by atoms with Crippen LogP contribution in [-0.4, -0.2) is 125 Å². The summed E-state index contributed by atoms with van der Waals surface area (Å²) in [5.74, 6) is -3.49. The molecule has 19 heteroatoms. The van der Waals surface area contributed by atoms with Crippen molar-refractivity contribution in [1.29, 1.82) is 0 Å². The van der Waals surface area contributed by atoms with E-state index in [0.717, 1.165) is 10.5 Å². The molecule has 330 valence electrons. The van der Waals surface area contributed by atoms with Gasteiger partial charge in [0.05, 0.1) is 30.1 Å². The van der Waals surface area contributed by atoms with Gasteiger partial charge < -0.3 is 34.9 Å². The predicted octanol–water partition coefficient (Wildman–Crippen LogP) is 2.90. The maximum atomic E-state index is 15.0. The van der Waals surface area contributed by atoms with Crippen LogP contribution in [0.4, 0.5) is 4.79 Å². The molecule has 2 aliphatic heterocycles. The Labute approximate surface area is 358 Å². The van der Waals surface area contributed by atoms with E-state index in [1.54, 1.807) is 45.0 Å². The zero-order valence-electron chi connectivity index (χ0n) is 34.8. The Hall–Kier alpha value is -6.24. The van der Waals surface area contributed by atoms with Crippen molar-refractivity contribution in [1.82, 2.24) is 30.1 Å². The van der Waals surface area contributed by atoms with E-state index < -0.39 is 92.2 Å². The molecule has 5 amide bonds. The van der Waals surface area contributed by atoms with E-state index in [-0.39, 0.29) is 38.8 Å². The molecule has 2 aliphatic carbocycles. The molecule has 3 heterocycles. The van der Waals surface area contributed by atoms with E-state index in [1.165, 1.54) is 18.1 Å². The van der Waals surface area contributed by atoms with Crippen molar-refractivity contribution < 1.29 is 56.5 Å². The van der Waals surface area contributed by atoms with Crippen LogP contribution in [0, 0.1) is 5.92 Å². The number of cyclic esters (lactones) is 1. The molecule has 7 rings (SSSR count). The van der Waals surface area contributed by atoms with Crippen LogP contribution in [0.5, 0.6) is 11.5 Å². The number of fused-ring (bicyclic) bond motifs is 1. The fourth-order valence-corrected chi connectivity index (χ4v) is 9.41. The lowest BCUT2D eigenvalue weighted by Crippen LogP contribution is -2.61. The molecule has 0 unspecified atom stereocenters. The molecule has 18 nitrogen and oxygen atoms in total. The number of methoxy groups -OCH3 is 1. The van der Waals surface area contributed by atoms with Gasteiger partial charge in [-0.2, -0.15) is 0 Å². The highest BCUT2D eigenvalue weighted by atomic mass is 32.2. The molecular weight excluding hydrogens is 825 g/mol. The third kappa shape index (κ3) is 9.03. The summed E-state index contributed by atoms with van der Waals surface area (Å²) >= 11 is 0. The maximum Gasteiger partial charge on any atom is 0.408 e. The molecule has 3 aromatic rings. The summed E-state index contributed by atoms with van der Waals surface area (Å²) in [5.41, 5.74) is -0.976. The predicted molar refractivity (Wildman–Crippen MR) is 223 cm³/mol. The molecule has 0 spiro atoms. The normalized spacial score (nSPS) is 23.5. The van der Waals surface area contributed by atoms with Gasteiger partial charge >= 0.3 is 12.1 Å². The number of esters is 1. The lowest BCUT2D eigenvalue weighted by atomic mass is 9.98. The summed E-state index contributed by atoms with van der Waals surface area (Å²) < 4.78 is 44.7. The topological polar surface area (TPSA) is 240 Å². The second kappa shape index (κ2) is 16.9. The van der Waals surface area contributed by atoms with Gasteiger partial charge in [-0.05, 0) is 58.6 Å². The van der Waals surface area contributed by atoms with E-state index in [2.05, 4.69) is 21.9 Å². The first-order chi connectivity index (χ1) is 29.3. The first-order valence-electron chi connectivity index (χ1n) is 20.4. The van der Waals surface area contributed by atoms with Gasteiger partial charge in [-0.25, -0.2) is 23.0 Å². The Balaban J connectivity index is 1.24. The summed E-state index contributed by atoms with van der Waals surface area (Å²) in [6.45, 7) is 8.27. The standard InChI is InChI=1S/C43H50N6O12S/c1-6-25-21-43(25,40(54)47-62(57,58)28-13-14-28)46-37(51)34-19-27(61-35-20-30(24-10-8-7-9-11-24)44-31-18-26(59-5)12-15-29(31)35)22-48(34)38(52)33(49(41(55)56)42(2,3)4)16-17-36(50)45-32-23-60-39(32)53/h6-12,15,18,20,25,27-28,32-34H,1,13-14,16-17,19,21-23H2,2-5H3,(H,45,50)(H,46,51)(H,47,54)(H,55,56)/t25-,27-,32+,33+,34+,43-/m1/s1. The van der Waals surface area contributed by atoms with Gasteiger partial charge in [0.1, 0.15) is 41.8 Å². The third-order valence-electron chi connectivity index (χ3n) is 11.6. The molecule has 0 bridgehead atoms. The number of amides is 5. The van der Waals surface area contributed by atoms with Crippen LogP contribution in [-0.2, 0) is 38.7 Å². The number of sulfonamides is 1. The van der Waals surface area contributed by atoms with Crippen LogP contribution in [0.15, 0.2) is 67.3 Å². The molecule has 1 aromatic heterocycles. The largest absolute Gasteiger partial charge is 0.497 e. The molecule has 2 aromatic carbocycles. The summed E-state index contributed by atoms with van der Waals surface area (Å²) in [5, 5.41) is 15.7. The number of pyridine rings is 1. The van der Waals surface area contributed by atoms with Crippen molar-refractivity contribution in [3.05, 3.63) is 67.3 Å². The molecule has 4 fully saturated rings.